The van der Waals surface area contributed by atoms with Crippen LogP contribution in [0, 0.1) is 5.92 Å². The fraction of sp³-hybridized carbons (Fsp3) is 0.323. The number of hydrogen-bond donors (Lipinski definition) is 0. The average Bonchev–Trinajstić information content (AvgIpc) is 3.56. The second-order valence-corrected chi connectivity index (χ2v) is 10.0. The highest BCUT2D eigenvalue weighted by Crippen LogP contribution is 2.34. The molecule has 6 heteroatoms. The first kappa shape index (κ1) is 23.5. The Labute approximate surface area is 217 Å². The van der Waals surface area contributed by atoms with Gasteiger partial charge in [-0.1, -0.05) is 30.3 Å². The van der Waals surface area contributed by atoms with Gasteiger partial charge in [0.2, 0.25) is 6.79 Å². The van der Waals surface area contributed by atoms with Gasteiger partial charge in [0.15, 0.2) is 18.1 Å². The fourth-order valence-corrected chi connectivity index (χ4v) is 5.45. The summed E-state index contributed by atoms with van der Waals surface area (Å²) >= 11 is 0. The maximum atomic E-state index is 13.0. The van der Waals surface area contributed by atoms with Crippen LogP contribution in [0.25, 0.3) is 22.0 Å². The maximum Gasteiger partial charge on any atom is 0.260 e. The van der Waals surface area contributed by atoms with Gasteiger partial charge in [-0.25, -0.2) is 0 Å². The second-order valence-electron chi connectivity index (χ2n) is 10.0. The molecule has 3 aromatic carbocycles. The third-order valence-corrected chi connectivity index (χ3v) is 7.68. The summed E-state index contributed by atoms with van der Waals surface area (Å²) in [6.45, 7) is 1.96. The lowest BCUT2D eigenvalue weighted by Gasteiger charge is -2.32. The van der Waals surface area contributed by atoms with Crippen molar-refractivity contribution in [3.8, 4) is 28.4 Å². The Morgan fingerprint density at radius 3 is 2.70 bits per heavy atom. The van der Waals surface area contributed by atoms with E-state index < -0.39 is 0 Å². The molecule has 1 saturated heterocycles. The van der Waals surface area contributed by atoms with Crippen LogP contribution in [-0.2, 0) is 18.3 Å². The van der Waals surface area contributed by atoms with E-state index in [1.165, 1.54) is 16.5 Å². The molecule has 37 heavy (non-hydrogen) atoms. The molecule has 0 saturated carbocycles. The van der Waals surface area contributed by atoms with Crippen LogP contribution in [0.5, 0.6) is 17.2 Å². The van der Waals surface area contributed by atoms with Gasteiger partial charge in [0, 0.05) is 42.8 Å². The normalized spacial score (nSPS) is 15.3. The van der Waals surface area contributed by atoms with Crippen molar-refractivity contribution in [2.75, 3.05) is 26.5 Å². The molecule has 2 aliphatic rings. The van der Waals surface area contributed by atoms with Crippen LogP contribution >= 0.6 is 0 Å². The molecule has 6 rings (SSSR count). The van der Waals surface area contributed by atoms with Crippen molar-refractivity contribution in [1.82, 2.24) is 9.47 Å². The third kappa shape index (κ3) is 5.01. The van der Waals surface area contributed by atoms with Gasteiger partial charge in [-0.3, -0.25) is 4.79 Å². The molecule has 6 nitrogen and oxygen atoms in total. The zero-order valence-corrected chi connectivity index (χ0v) is 21.2. The fourth-order valence-electron chi connectivity index (χ4n) is 5.45. The molecule has 2 aliphatic heterocycles. The molecule has 3 heterocycles. The zero-order chi connectivity index (χ0) is 25.2. The van der Waals surface area contributed by atoms with Crippen LogP contribution < -0.4 is 14.2 Å². The zero-order valence-electron chi connectivity index (χ0n) is 21.2. The van der Waals surface area contributed by atoms with Crippen LogP contribution in [-0.4, -0.2) is 41.9 Å². The lowest BCUT2D eigenvalue weighted by atomic mass is 9.90. The van der Waals surface area contributed by atoms with E-state index in [-0.39, 0.29) is 12.5 Å². The SMILES string of the molecule is Cn1ccc2cc(-c3ccccc3OCC(=O)N3CCC(CCc4ccc5c(c4)OCO5)CC3)ccc21. The Morgan fingerprint density at radius 2 is 1.81 bits per heavy atom. The summed E-state index contributed by atoms with van der Waals surface area (Å²) < 4.78 is 19.1. The highest BCUT2D eigenvalue weighted by Gasteiger charge is 2.23. The molecule has 0 bridgehead atoms. The van der Waals surface area contributed by atoms with Crippen LogP contribution in [0.2, 0.25) is 0 Å². The highest BCUT2D eigenvalue weighted by molar-refractivity contribution is 5.87. The van der Waals surface area contributed by atoms with Crippen LogP contribution in [0.4, 0.5) is 0 Å². The number of ether oxygens (including phenoxy) is 3. The van der Waals surface area contributed by atoms with Crippen molar-refractivity contribution in [3.63, 3.8) is 0 Å². The number of carbonyl (C=O) groups is 1. The smallest absolute Gasteiger partial charge is 0.260 e. The van der Waals surface area contributed by atoms with Crippen molar-refractivity contribution >= 4 is 16.8 Å². The Kier molecular flexibility index (Phi) is 6.47. The summed E-state index contributed by atoms with van der Waals surface area (Å²) in [5.41, 5.74) is 4.56. The van der Waals surface area contributed by atoms with Crippen LogP contribution in [0.1, 0.15) is 24.8 Å². The topological polar surface area (TPSA) is 52.9 Å². The van der Waals surface area contributed by atoms with Crippen molar-refractivity contribution in [1.29, 1.82) is 0 Å². The van der Waals surface area contributed by atoms with Gasteiger partial charge >= 0.3 is 0 Å². The van der Waals surface area contributed by atoms with Gasteiger partial charge in [0.05, 0.1) is 0 Å². The van der Waals surface area contributed by atoms with Gasteiger partial charge in [-0.2, -0.15) is 0 Å². The van der Waals surface area contributed by atoms with E-state index >= 15 is 0 Å². The highest BCUT2D eigenvalue weighted by atomic mass is 16.7. The van der Waals surface area contributed by atoms with Gasteiger partial charge < -0.3 is 23.7 Å². The summed E-state index contributed by atoms with van der Waals surface area (Å²) in [5, 5.41) is 1.19. The quantitative estimate of drug-likeness (QED) is 0.323. The maximum absolute atomic E-state index is 13.0. The molecule has 1 amide bonds. The number of amides is 1. The lowest BCUT2D eigenvalue weighted by molar-refractivity contribution is -0.134. The Balaban J connectivity index is 1.02. The number of aromatic nitrogens is 1. The number of likely N-dealkylation sites (tertiary alicyclic amines) is 1. The molecular weight excluding hydrogens is 464 g/mol. The first-order valence-corrected chi connectivity index (χ1v) is 13.1. The first-order chi connectivity index (χ1) is 18.1. The number of para-hydroxylation sites is 1. The molecule has 4 aromatic rings. The minimum Gasteiger partial charge on any atom is -0.483 e. The molecule has 0 atom stereocenters. The Bertz CT molecular complexity index is 1420. The van der Waals surface area contributed by atoms with Crippen molar-refractivity contribution in [3.05, 3.63) is 78.5 Å². The van der Waals surface area contributed by atoms with E-state index in [9.17, 15) is 4.79 Å². The van der Waals surface area contributed by atoms with E-state index in [2.05, 4.69) is 53.2 Å². The number of nitrogens with zero attached hydrogens (tertiary/aromatic N) is 2. The molecule has 0 unspecified atom stereocenters. The average molecular weight is 497 g/mol. The van der Waals surface area contributed by atoms with Crippen LogP contribution in [0.15, 0.2) is 72.9 Å². The summed E-state index contributed by atoms with van der Waals surface area (Å²) in [5.74, 6) is 3.11. The van der Waals surface area contributed by atoms with Gasteiger partial charge in [0.1, 0.15) is 5.75 Å². The Hall–Kier alpha value is -3.93. The number of hydrogen-bond acceptors (Lipinski definition) is 4. The number of piperidine rings is 1. The van der Waals surface area contributed by atoms with Gasteiger partial charge in [-0.15, -0.1) is 0 Å². The van der Waals surface area contributed by atoms with Gasteiger partial charge in [-0.05, 0) is 79.1 Å². The molecule has 0 spiro atoms. The molecular formula is C31H32N2O4. The minimum atomic E-state index is 0.0579. The van der Waals surface area contributed by atoms with E-state index in [1.807, 2.05) is 36.2 Å². The molecule has 0 N–H and O–H groups in total. The van der Waals surface area contributed by atoms with E-state index in [0.29, 0.717) is 12.7 Å². The third-order valence-electron chi connectivity index (χ3n) is 7.68. The molecule has 190 valence electrons. The number of rotatable bonds is 7. The van der Waals surface area contributed by atoms with E-state index in [4.69, 9.17) is 14.2 Å². The monoisotopic (exact) mass is 496 g/mol. The van der Waals surface area contributed by atoms with E-state index in [0.717, 1.165) is 67.1 Å². The molecule has 1 fully saturated rings. The lowest BCUT2D eigenvalue weighted by Crippen LogP contribution is -2.41. The van der Waals surface area contributed by atoms with Crippen LogP contribution in [0.3, 0.4) is 0 Å². The second kappa shape index (κ2) is 10.2. The summed E-state index contributed by atoms with van der Waals surface area (Å²) in [7, 11) is 2.05. The molecule has 1 aromatic heterocycles. The number of carbonyl (C=O) groups excluding carboxylic acids is 1. The predicted octanol–water partition coefficient (Wildman–Crippen LogP) is 5.82. The molecule has 0 radical (unpaired) electrons. The predicted molar refractivity (Wildman–Crippen MR) is 144 cm³/mol. The van der Waals surface area contributed by atoms with Gasteiger partial charge in [0.25, 0.3) is 5.91 Å². The summed E-state index contributed by atoms with van der Waals surface area (Å²) in [6.07, 6.45) is 6.27. The minimum absolute atomic E-state index is 0.0579. The van der Waals surface area contributed by atoms with Crippen molar-refractivity contribution in [2.45, 2.75) is 25.7 Å². The number of fused-ring (bicyclic) bond motifs is 2. The van der Waals surface area contributed by atoms with Crippen molar-refractivity contribution in [2.24, 2.45) is 13.0 Å². The summed E-state index contributed by atoms with van der Waals surface area (Å²) in [4.78, 5) is 14.9. The van der Waals surface area contributed by atoms with Crippen molar-refractivity contribution < 1.29 is 19.0 Å². The standard InChI is InChI=1S/C31H32N2O4/c1-32-15-14-25-19-24(9-10-27(25)32)26-4-2-3-5-28(26)35-20-31(34)33-16-12-22(13-17-33)6-7-23-8-11-29-30(18-23)37-21-36-29/h2-5,8-11,14-15,18-19,22H,6-7,12-13,16-17,20-21H2,1H3. The summed E-state index contributed by atoms with van der Waals surface area (Å²) in [6, 6.07) is 22.7. The number of aryl methyl sites for hydroxylation is 2. The van der Waals surface area contributed by atoms with E-state index in [1.54, 1.807) is 0 Å². The first-order valence-electron chi connectivity index (χ1n) is 13.1. The largest absolute Gasteiger partial charge is 0.483 e. The Morgan fingerprint density at radius 1 is 0.973 bits per heavy atom. The molecule has 0 aliphatic carbocycles. The number of benzene rings is 3.